The maximum Gasteiger partial charge on any atom is 0.280 e. The van der Waals surface area contributed by atoms with E-state index in [1.165, 1.54) is 18.0 Å². The zero-order valence-corrected chi connectivity index (χ0v) is 7.63. The van der Waals surface area contributed by atoms with Gasteiger partial charge in [0, 0.05) is 7.11 Å². The molecule has 0 aliphatic heterocycles. The Morgan fingerprint density at radius 3 is 2.85 bits per heavy atom. The van der Waals surface area contributed by atoms with E-state index in [1.807, 2.05) is 0 Å². The quantitative estimate of drug-likeness (QED) is 0.723. The van der Waals surface area contributed by atoms with E-state index >= 15 is 0 Å². The molecule has 1 rings (SSSR count). The van der Waals surface area contributed by atoms with E-state index in [2.05, 4.69) is 5.10 Å². The van der Waals surface area contributed by atoms with Gasteiger partial charge in [-0.1, -0.05) is 0 Å². The molecule has 5 heteroatoms. The summed E-state index contributed by atoms with van der Waals surface area (Å²) in [7, 11) is 1.53. The minimum absolute atomic E-state index is 0.0166. The lowest BCUT2D eigenvalue weighted by atomic mass is 10.3. The fraction of sp³-hybridized carbons (Fsp3) is 0.625. The number of nitrogens with zero attached hydrogens (tertiary/aromatic N) is 2. The molecule has 0 saturated carbocycles. The second-order valence-electron chi connectivity index (χ2n) is 2.73. The molecule has 0 N–H and O–H groups in total. The van der Waals surface area contributed by atoms with Crippen LogP contribution in [0.1, 0.15) is 17.7 Å². The minimum atomic E-state index is -2.47. The normalized spacial score (nSPS) is 11.2. The molecule has 3 nitrogen and oxygen atoms in total. The average Bonchev–Trinajstić information content (AvgIpc) is 2.43. The minimum Gasteiger partial charge on any atom is -0.383 e. The molecule has 0 atom stereocenters. The molecule has 1 aromatic rings. The highest BCUT2D eigenvalue weighted by Crippen LogP contribution is 2.21. The highest BCUT2D eigenvalue weighted by Gasteiger charge is 2.16. The summed E-state index contributed by atoms with van der Waals surface area (Å²) in [6, 6.07) is 0. The molecule has 0 spiro atoms. The molecule has 0 bridgehead atoms. The number of alkyl halides is 2. The van der Waals surface area contributed by atoms with Gasteiger partial charge in [-0.15, -0.1) is 0 Å². The fourth-order valence-electron chi connectivity index (χ4n) is 1.13. The van der Waals surface area contributed by atoms with Crippen LogP contribution in [0.25, 0.3) is 0 Å². The van der Waals surface area contributed by atoms with Crippen molar-refractivity contribution < 1.29 is 13.5 Å². The first-order valence-corrected chi connectivity index (χ1v) is 3.96. The monoisotopic (exact) mass is 190 g/mol. The molecule has 0 aliphatic rings. The van der Waals surface area contributed by atoms with Crippen molar-refractivity contribution in [3.8, 4) is 0 Å². The summed E-state index contributed by atoms with van der Waals surface area (Å²) in [5.74, 6) is 0. The number of halogens is 2. The van der Waals surface area contributed by atoms with E-state index in [0.717, 1.165) is 0 Å². The van der Waals surface area contributed by atoms with Crippen molar-refractivity contribution in [1.82, 2.24) is 9.78 Å². The van der Waals surface area contributed by atoms with Crippen LogP contribution in [0.3, 0.4) is 0 Å². The molecular formula is C8H12F2N2O. The van der Waals surface area contributed by atoms with E-state index in [-0.39, 0.29) is 5.69 Å². The van der Waals surface area contributed by atoms with Crippen molar-refractivity contribution >= 4 is 0 Å². The van der Waals surface area contributed by atoms with Gasteiger partial charge in [0.05, 0.1) is 19.3 Å². The van der Waals surface area contributed by atoms with Gasteiger partial charge >= 0.3 is 0 Å². The van der Waals surface area contributed by atoms with Crippen LogP contribution in [0.5, 0.6) is 0 Å². The predicted octanol–water partition coefficient (Wildman–Crippen LogP) is 1.78. The van der Waals surface area contributed by atoms with Crippen molar-refractivity contribution in [3.05, 3.63) is 17.5 Å². The van der Waals surface area contributed by atoms with Crippen molar-refractivity contribution in [2.75, 3.05) is 13.7 Å². The van der Waals surface area contributed by atoms with Gasteiger partial charge < -0.3 is 4.74 Å². The number of rotatable bonds is 4. The van der Waals surface area contributed by atoms with Crippen LogP contribution in [0.2, 0.25) is 0 Å². The number of ether oxygens (including phenoxy) is 1. The molecule has 1 heterocycles. The van der Waals surface area contributed by atoms with Crippen molar-refractivity contribution in [1.29, 1.82) is 0 Å². The molecule has 13 heavy (non-hydrogen) atoms. The largest absolute Gasteiger partial charge is 0.383 e. The lowest BCUT2D eigenvalue weighted by Gasteiger charge is -2.06. The maximum atomic E-state index is 12.4. The predicted molar refractivity (Wildman–Crippen MR) is 43.8 cm³/mol. The van der Waals surface area contributed by atoms with E-state index < -0.39 is 6.43 Å². The van der Waals surface area contributed by atoms with E-state index in [1.54, 1.807) is 6.92 Å². The number of aryl methyl sites for hydroxylation is 1. The summed E-state index contributed by atoms with van der Waals surface area (Å²) in [5.41, 5.74) is 0.503. The third-order valence-electron chi connectivity index (χ3n) is 1.79. The zero-order chi connectivity index (χ0) is 9.84. The highest BCUT2D eigenvalue weighted by molar-refractivity contribution is 5.16. The first kappa shape index (κ1) is 10.1. The first-order chi connectivity index (χ1) is 6.16. The smallest absolute Gasteiger partial charge is 0.280 e. The van der Waals surface area contributed by atoms with E-state index in [0.29, 0.717) is 18.7 Å². The third-order valence-corrected chi connectivity index (χ3v) is 1.79. The van der Waals surface area contributed by atoms with Gasteiger partial charge in [0.2, 0.25) is 0 Å². The number of methoxy groups -OCH3 is 1. The summed E-state index contributed by atoms with van der Waals surface area (Å²) in [4.78, 5) is 0. The topological polar surface area (TPSA) is 27.1 Å². The van der Waals surface area contributed by atoms with Gasteiger partial charge in [-0.2, -0.15) is 5.10 Å². The van der Waals surface area contributed by atoms with Crippen LogP contribution in [0.4, 0.5) is 8.78 Å². The van der Waals surface area contributed by atoms with E-state index in [9.17, 15) is 8.78 Å². The maximum absolute atomic E-state index is 12.4. The van der Waals surface area contributed by atoms with Gasteiger partial charge in [-0.3, -0.25) is 4.68 Å². The number of hydrogen-bond donors (Lipinski definition) is 0. The molecule has 0 radical (unpaired) electrons. The van der Waals surface area contributed by atoms with Crippen LogP contribution >= 0.6 is 0 Å². The summed E-state index contributed by atoms with van der Waals surface area (Å²) >= 11 is 0. The molecule has 0 fully saturated rings. The van der Waals surface area contributed by atoms with Crippen LogP contribution in [0.15, 0.2) is 6.20 Å². The van der Waals surface area contributed by atoms with Gasteiger partial charge in [-0.05, 0) is 12.5 Å². The Balaban J connectivity index is 2.81. The highest BCUT2D eigenvalue weighted by atomic mass is 19.3. The lowest BCUT2D eigenvalue weighted by Crippen LogP contribution is -2.10. The Morgan fingerprint density at radius 2 is 2.31 bits per heavy atom. The van der Waals surface area contributed by atoms with Crippen molar-refractivity contribution in [2.45, 2.75) is 19.9 Å². The third kappa shape index (κ3) is 2.24. The van der Waals surface area contributed by atoms with Crippen LogP contribution in [0, 0.1) is 6.92 Å². The van der Waals surface area contributed by atoms with Crippen molar-refractivity contribution in [3.63, 3.8) is 0 Å². The lowest BCUT2D eigenvalue weighted by molar-refractivity contribution is 0.130. The second-order valence-corrected chi connectivity index (χ2v) is 2.73. The Hall–Kier alpha value is -0.970. The average molecular weight is 190 g/mol. The van der Waals surface area contributed by atoms with Crippen LogP contribution in [-0.4, -0.2) is 23.5 Å². The van der Waals surface area contributed by atoms with E-state index in [4.69, 9.17) is 4.74 Å². The number of hydrogen-bond acceptors (Lipinski definition) is 2. The molecule has 0 aromatic carbocycles. The molecule has 0 aliphatic carbocycles. The molecule has 74 valence electrons. The Labute approximate surface area is 75.3 Å². The van der Waals surface area contributed by atoms with Crippen LogP contribution < -0.4 is 0 Å². The van der Waals surface area contributed by atoms with Gasteiger partial charge in [0.25, 0.3) is 6.43 Å². The standard InChI is InChI=1S/C8H12F2N2O/c1-6-5-11-12(3-4-13-2)7(6)8(9)10/h5,8H,3-4H2,1-2H3. The summed E-state index contributed by atoms with van der Waals surface area (Å²) < 4.78 is 31.0. The summed E-state index contributed by atoms with van der Waals surface area (Å²) in [5, 5.41) is 3.83. The van der Waals surface area contributed by atoms with Gasteiger partial charge in [0.1, 0.15) is 5.69 Å². The zero-order valence-electron chi connectivity index (χ0n) is 7.63. The first-order valence-electron chi connectivity index (χ1n) is 3.96. The number of aromatic nitrogens is 2. The fourth-order valence-corrected chi connectivity index (χ4v) is 1.13. The van der Waals surface area contributed by atoms with Gasteiger partial charge in [-0.25, -0.2) is 8.78 Å². The molecular weight excluding hydrogens is 178 g/mol. The van der Waals surface area contributed by atoms with Gasteiger partial charge in [0.15, 0.2) is 0 Å². The van der Waals surface area contributed by atoms with Crippen molar-refractivity contribution in [2.24, 2.45) is 0 Å². The molecule has 0 amide bonds. The summed E-state index contributed by atoms with van der Waals surface area (Å²) in [6.45, 7) is 2.38. The SMILES string of the molecule is COCCn1ncc(C)c1C(F)F. The second kappa shape index (κ2) is 4.32. The van der Waals surface area contributed by atoms with Crippen LogP contribution in [-0.2, 0) is 11.3 Å². The molecule has 0 unspecified atom stereocenters. The molecule has 0 saturated heterocycles. The Morgan fingerprint density at radius 1 is 1.62 bits per heavy atom. The Kier molecular flexibility index (Phi) is 3.36. The Bertz CT molecular complexity index is 273. The summed E-state index contributed by atoms with van der Waals surface area (Å²) in [6.07, 6.45) is -1.03. The molecule has 1 aromatic heterocycles.